The Morgan fingerprint density at radius 2 is 2.07 bits per heavy atom. The fraction of sp³-hybridized carbons (Fsp3) is 0.625. The second-order valence-corrected chi connectivity index (χ2v) is 9.79. The predicted octanol–water partition coefficient (Wildman–Crippen LogP) is 4.86. The van der Waals surface area contributed by atoms with E-state index in [4.69, 9.17) is 5.73 Å². The topological polar surface area (TPSA) is 63.3 Å². The van der Waals surface area contributed by atoms with Gasteiger partial charge < -0.3 is 10.8 Å². The van der Waals surface area contributed by atoms with Crippen LogP contribution in [-0.2, 0) is 11.8 Å². The van der Waals surface area contributed by atoms with Crippen LogP contribution in [-0.4, -0.2) is 11.0 Å². The number of amides is 1. The summed E-state index contributed by atoms with van der Waals surface area (Å²) in [6.07, 6.45) is 12.4. The zero-order valence-electron chi connectivity index (χ0n) is 16.2. The first kappa shape index (κ1) is 17.3. The van der Waals surface area contributed by atoms with Crippen molar-refractivity contribution in [2.24, 2.45) is 29.4 Å². The van der Waals surface area contributed by atoms with Crippen LogP contribution >= 0.6 is 0 Å². The molecule has 0 spiro atoms. The molecule has 3 N–H and O–H groups in total. The van der Waals surface area contributed by atoms with Gasteiger partial charge >= 0.3 is 0 Å². The first-order valence-corrected chi connectivity index (χ1v) is 10.8. The number of aromatic hydroxyl groups is 1. The molecule has 3 saturated carbocycles. The first-order chi connectivity index (χ1) is 13.0. The molecule has 1 aromatic rings. The summed E-state index contributed by atoms with van der Waals surface area (Å²) in [4.78, 5) is 11.9. The van der Waals surface area contributed by atoms with Gasteiger partial charge in [0.05, 0.1) is 5.56 Å². The van der Waals surface area contributed by atoms with Gasteiger partial charge in [-0.1, -0.05) is 37.5 Å². The van der Waals surface area contributed by atoms with Crippen LogP contribution in [0.3, 0.4) is 0 Å². The van der Waals surface area contributed by atoms with Crippen molar-refractivity contribution in [1.82, 2.24) is 0 Å². The summed E-state index contributed by atoms with van der Waals surface area (Å²) >= 11 is 0. The smallest absolute Gasteiger partial charge is 0.252 e. The molecule has 3 heteroatoms. The largest absolute Gasteiger partial charge is 0.507 e. The van der Waals surface area contributed by atoms with E-state index in [2.05, 4.69) is 12.6 Å². The van der Waals surface area contributed by atoms with E-state index in [1.165, 1.54) is 49.7 Å². The average Bonchev–Trinajstić information content (AvgIpc) is 2.58. The van der Waals surface area contributed by atoms with E-state index in [0.29, 0.717) is 5.92 Å². The zero-order valence-corrected chi connectivity index (χ0v) is 16.2. The number of rotatable bonds is 3. The Bertz CT molecular complexity index is 809. The molecule has 3 fully saturated rings. The second kappa shape index (κ2) is 6.12. The normalized spacial score (nSPS) is 35.1. The van der Waals surface area contributed by atoms with Crippen LogP contribution in [0.2, 0.25) is 0 Å². The highest BCUT2D eigenvalue weighted by molar-refractivity contribution is 5.96. The highest BCUT2D eigenvalue weighted by Gasteiger charge is 2.56. The van der Waals surface area contributed by atoms with Gasteiger partial charge in [0, 0.05) is 11.0 Å². The monoisotopic (exact) mass is 365 g/mol. The molecule has 0 heterocycles. The maximum atomic E-state index is 11.9. The molecule has 4 unspecified atom stereocenters. The van der Waals surface area contributed by atoms with Crippen LogP contribution in [0.15, 0.2) is 24.3 Å². The van der Waals surface area contributed by atoms with Crippen LogP contribution < -0.4 is 5.73 Å². The zero-order chi connectivity index (χ0) is 18.8. The summed E-state index contributed by atoms with van der Waals surface area (Å²) < 4.78 is 0. The highest BCUT2D eigenvalue weighted by Crippen LogP contribution is 2.63. The Kier molecular flexibility index (Phi) is 3.93. The molecule has 3 nitrogen and oxygen atoms in total. The van der Waals surface area contributed by atoms with Crippen molar-refractivity contribution in [3.63, 3.8) is 0 Å². The molecule has 0 aliphatic heterocycles. The lowest BCUT2D eigenvalue weighted by molar-refractivity contribution is 0.00858. The third kappa shape index (κ3) is 2.50. The van der Waals surface area contributed by atoms with Crippen molar-refractivity contribution in [2.45, 2.75) is 69.6 Å². The Morgan fingerprint density at radius 1 is 1.26 bits per heavy atom. The number of carbonyl (C=O) groups excluding carboxylic acids is 1. The van der Waals surface area contributed by atoms with Crippen molar-refractivity contribution in [3.8, 4) is 5.75 Å². The molecule has 5 rings (SSSR count). The number of allylic oxidation sites excluding steroid dienone is 1. The number of carbonyl (C=O) groups is 1. The number of hydrogen-bond acceptors (Lipinski definition) is 2. The van der Waals surface area contributed by atoms with E-state index < -0.39 is 5.91 Å². The first-order valence-electron chi connectivity index (χ1n) is 10.8. The van der Waals surface area contributed by atoms with Crippen LogP contribution in [0, 0.1) is 23.7 Å². The Morgan fingerprint density at radius 3 is 2.78 bits per heavy atom. The summed E-state index contributed by atoms with van der Waals surface area (Å²) in [7, 11) is 0. The fourth-order valence-electron chi connectivity index (χ4n) is 7.15. The maximum absolute atomic E-state index is 11.9. The summed E-state index contributed by atoms with van der Waals surface area (Å²) in [5.74, 6) is 2.75. The quantitative estimate of drug-likeness (QED) is 0.752. The maximum Gasteiger partial charge on any atom is 0.252 e. The Hall–Kier alpha value is -1.77. The van der Waals surface area contributed by atoms with Crippen molar-refractivity contribution >= 4 is 5.91 Å². The molecule has 0 aromatic heterocycles. The third-order valence-corrected chi connectivity index (χ3v) is 8.51. The van der Waals surface area contributed by atoms with Gasteiger partial charge in [-0.15, -0.1) is 0 Å². The van der Waals surface area contributed by atoms with Gasteiger partial charge in [0.2, 0.25) is 0 Å². The molecule has 0 saturated heterocycles. The average molecular weight is 366 g/mol. The lowest BCUT2D eigenvalue weighted by Gasteiger charge is -2.59. The molecule has 4 aliphatic carbocycles. The van der Waals surface area contributed by atoms with E-state index in [0.717, 1.165) is 49.0 Å². The van der Waals surface area contributed by atoms with Gasteiger partial charge in [0.15, 0.2) is 0 Å². The number of phenols is 1. The fourth-order valence-corrected chi connectivity index (χ4v) is 7.15. The molecule has 0 radical (unpaired) electrons. The molecule has 27 heavy (non-hydrogen) atoms. The molecule has 4 atom stereocenters. The lowest BCUT2D eigenvalue weighted by atomic mass is 9.45. The van der Waals surface area contributed by atoms with Crippen molar-refractivity contribution in [2.75, 3.05) is 0 Å². The van der Waals surface area contributed by atoms with Gasteiger partial charge in [-0.3, -0.25) is 4.79 Å². The van der Waals surface area contributed by atoms with Crippen LogP contribution in [0.1, 0.15) is 79.3 Å². The minimum atomic E-state index is -0.529. The van der Waals surface area contributed by atoms with Crippen molar-refractivity contribution in [1.29, 1.82) is 0 Å². The predicted molar refractivity (Wildman–Crippen MR) is 107 cm³/mol. The van der Waals surface area contributed by atoms with Crippen molar-refractivity contribution in [3.05, 3.63) is 41.0 Å². The number of hydrogen-bond donors (Lipinski definition) is 2. The van der Waals surface area contributed by atoms with Crippen LogP contribution in [0.25, 0.3) is 0 Å². The minimum absolute atomic E-state index is 0.0285. The molecule has 1 amide bonds. The van der Waals surface area contributed by atoms with E-state index in [9.17, 15) is 9.90 Å². The molecule has 144 valence electrons. The van der Waals surface area contributed by atoms with Gasteiger partial charge in [-0.2, -0.15) is 0 Å². The van der Waals surface area contributed by atoms with E-state index in [1.807, 2.05) is 0 Å². The Labute approximate surface area is 162 Å². The number of nitrogens with two attached hydrogens (primary N) is 1. The van der Waals surface area contributed by atoms with Gasteiger partial charge in [0.25, 0.3) is 5.91 Å². The minimum Gasteiger partial charge on any atom is -0.507 e. The number of benzene rings is 1. The van der Waals surface area contributed by atoms with Crippen LogP contribution in [0.5, 0.6) is 5.75 Å². The van der Waals surface area contributed by atoms with Crippen LogP contribution in [0.4, 0.5) is 0 Å². The lowest BCUT2D eigenvalue weighted by Crippen LogP contribution is -2.53. The third-order valence-electron chi connectivity index (χ3n) is 8.51. The Balaban J connectivity index is 1.61. The standard InChI is InChI=1S/C24H31NO2/c1-14-5-8-20-19-12-17-6-7-18(23(25)27)22(26)21(17)24(20,13-14)10-9-16(19)11-15-3-2-4-15/h6-7,15-16,19-20,26H,1-5,8-13H2,(H2,25,27). The van der Waals surface area contributed by atoms with E-state index in [-0.39, 0.29) is 16.7 Å². The molecule has 1 aromatic carbocycles. The number of fused-ring (bicyclic) bond motifs is 1. The second-order valence-electron chi connectivity index (χ2n) is 9.79. The van der Waals surface area contributed by atoms with Gasteiger partial charge in [-0.05, 0) is 80.2 Å². The van der Waals surface area contributed by atoms with Crippen molar-refractivity contribution < 1.29 is 9.90 Å². The van der Waals surface area contributed by atoms with Gasteiger partial charge in [0.1, 0.15) is 5.75 Å². The number of primary amides is 1. The summed E-state index contributed by atoms with van der Waals surface area (Å²) in [5.41, 5.74) is 9.41. The molecule has 4 aliphatic rings. The van der Waals surface area contributed by atoms with Gasteiger partial charge in [-0.25, -0.2) is 0 Å². The molecular weight excluding hydrogens is 334 g/mol. The highest BCUT2D eigenvalue weighted by atomic mass is 16.3. The summed E-state index contributed by atoms with van der Waals surface area (Å²) in [6.45, 7) is 4.32. The molecular formula is C24H31NO2. The van der Waals surface area contributed by atoms with E-state index >= 15 is 0 Å². The van der Waals surface area contributed by atoms with E-state index in [1.54, 1.807) is 6.07 Å². The summed E-state index contributed by atoms with van der Waals surface area (Å²) in [5, 5.41) is 11.1. The molecule has 2 bridgehead atoms. The SMILES string of the molecule is C=C1CCC2C3Cc4ccc(C(N)=O)c(O)c4C2(CCC3CC2CCC2)C1. The summed E-state index contributed by atoms with van der Waals surface area (Å²) in [6, 6.07) is 3.81.